The molecule has 5 nitrogen and oxygen atoms in total. The van der Waals surface area contributed by atoms with Crippen molar-refractivity contribution in [1.29, 1.82) is 0 Å². The van der Waals surface area contributed by atoms with E-state index < -0.39 is 11.9 Å². The third-order valence-corrected chi connectivity index (χ3v) is 6.54. The summed E-state index contributed by atoms with van der Waals surface area (Å²) in [7, 11) is 0. The molecule has 8 heteroatoms. The lowest BCUT2D eigenvalue weighted by Gasteiger charge is -2.14. The Balaban J connectivity index is 1.88. The van der Waals surface area contributed by atoms with E-state index in [-0.39, 0.29) is 19.1 Å². The standard InChI is InChI=1S/C25H20Cl2N2O3S/c1-2-32-21(30)15-29-23-19(27)13-18(26)14-20(23)33-25(29)28-24(31)22(16-9-5-3-6-10-16)17-11-7-4-8-12-17/h3-14,22H,2,15H2,1H3. The van der Waals surface area contributed by atoms with Gasteiger partial charge in [-0.25, -0.2) is 0 Å². The average molecular weight is 499 g/mol. The molecule has 0 saturated heterocycles. The normalized spacial score (nSPS) is 11.8. The highest BCUT2D eigenvalue weighted by molar-refractivity contribution is 7.16. The molecule has 0 bridgehead atoms. The zero-order chi connectivity index (χ0) is 23.4. The molecule has 0 aliphatic heterocycles. The van der Waals surface area contributed by atoms with Gasteiger partial charge in [0, 0.05) is 5.02 Å². The Bertz CT molecular complexity index is 1330. The molecule has 168 valence electrons. The van der Waals surface area contributed by atoms with Crippen molar-refractivity contribution in [2.75, 3.05) is 6.61 Å². The number of halogens is 2. The van der Waals surface area contributed by atoms with Gasteiger partial charge in [0.2, 0.25) is 0 Å². The van der Waals surface area contributed by atoms with Crippen molar-refractivity contribution >= 4 is 56.6 Å². The van der Waals surface area contributed by atoms with Gasteiger partial charge in [0.15, 0.2) is 4.80 Å². The highest BCUT2D eigenvalue weighted by Crippen LogP contribution is 2.30. The fourth-order valence-electron chi connectivity index (χ4n) is 3.62. The maximum Gasteiger partial charge on any atom is 0.326 e. The van der Waals surface area contributed by atoms with Gasteiger partial charge in [-0.05, 0) is 30.2 Å². The fourth-order valence-corrected chi connectivity index (χ4v) is 5.44. The van der Waals surface area contributed by atoms with Crippen LogP contribution >= 0.6 is 34.5 Å². The predicted octanol–water partition coefficient (Wildman–Crippen LogP) is 5.83. The number of hydrogen-bond donors (Lipinski definition) is 0. The Morgan fingerprint density at radius 2 is 1.61 bits per heavy atom. The number of ether oxygens (including phenoxy) is 1. The lowest BCUT2D eigenvalue weighted by Crippen LogP contribution is -2.24. The van der Waals surface area contributed by atoms with Crippen LogP contribution in [0.3, 0.4) is 0 Å². The first-order valence-electron chi connectivity index (χ1n) is 10.3. The monoisotopic (exact) mass is 498 g/mol. The summed E-state index contributed by atoms with van der Waals surface area (Å²) in [6, 6.07) is 22.3. The van der Waals surface area contributed by atoms with Gasteiger partial charge in [0.05, 0.1) is 27.8 Å². The SMILES string of the molecule is CCOC(=O)Cn1c(=NC(=O)C(c2ccccc2)c2ccccc2)sc2cc(Cl)cc(Cl)c21. The van der Waals surface area contributed by atoms with Crippen LogP contribution in [0.4, 0.5) is 0 Å². The lowest BCUT2D eigenvalue weighted by atomic mass is 9.91. The third kappa shape index (κ3) is 5.19. The summed E-state index contributed by atoms with van der Waals surface area (Å²) in [4.78, 5) is 30.7. The number of hydrogen-bond acceptors (Lipinski definition) is 4. The van der Waals surface area contributed by atoms with Crippen LogP contribution < -0.4 is 4.80 Å². The van der Waals surface area contributed by atoms with Crippen molar-refractivity contribution in [3.05, 3.63) is 98.8 Å². The molecule has 0 unspecified atom stereocenters. The Morgan fingerprint density at radius 3 is 2.18 bits per heavy atom. The first-order chi connectivity index (χ1) is 16.0. The molecule has 1 heterocycles. The summed E-state index contributed by atoms with van der Waals surface area (Å²) < 4.78 is 7.46. The molecule has 1 aromatic heterocycles. The number of aromatic nitrogens is 1. The Hall–Kier alpha value is -2.93. The first kappa shape index (κ1) is 23.2. The van der Waals surface area contributed by atoms with Gasteiger partial charge >= 0.3 is 5.97 Å². The summed E-state index contributed by atoms with van der Waals surface area (Å²) in [5.74, 6) is -1.38. The number of carbonyl (C=O) groups is 2. The second-order valence-corrected chi connectivity index (χ2v) is 9.07. The summed E-state index contributed by atoms with van der Waals surface area (Å²) in [6.45, 7) is 1.86. The van der Waals surface area contributed by atoms with Crippen LogP contribution in [0.25, 0.3) is 10.2 Å². The number of nitrogens with zero attached hydrogens (tertiary/aromatic N) is 2. The van der Waals surface area contributed by atoms with E-state index in [2.05, 4.69) is 4.99 Å². The van der Waals surface area contributed by atoms with Gasteiger partial charge in [-0.3, -0.25) is 9.59 Å². The van der Waals surface area contributed by atoms with Crippen molar-refractivity contribution in [3.63, 3.8) is 0 Å². The van der Waals surface area contributed by atoms with Crippen LogP contribution in [-0.4, -0.2) is 23.1 Å². The molecule has 0 spiro atoms. The van der Waals surface area contributed by atoms with Crippen LogP contribution in [0.15, 0.2) is 77.8 Å². The number of rotatable bonds is 6. The number of fused-ring (bicyclic) bond motifs is 1. The molecule has 0 fully saturated rings. The van der Waals surface area contributed by atoms with E-state index in [9.17, 15) is 9.59 Å². The Kier molecular flexibility index (Phi) is 7.28. The molecule has 4 aromatic rings. The maximum atomic E-state index is 13.6. The molecular formula is C25H20Cl2N2O3S. The predicted molar refractivity (Wildman–Crippen MR) is 132 cm³/mol. The van der Waals surface area contributed by atoms with E-state index in [1.807, 2.05) is 60.7 Å². The summed E-state index contributed by atoms with van der Waals surface area (Å²) >= 11 is 13.9. The minimum atomic E-state index is -0.590. The summed E-state index contributed by atoms with van der Waals surface area (Å²) in [5.41, 5.74) is 2.25. The largest absolute Gasteiger partial charge is 0.465 e. The fraction of sp³-hybridized carbons (Fsp3) is 0.160. The maximum absolute atomic E-state index is 13.6. The molecule has 3 aromatic carbocycles. The van der Waals surface area contributed by atoms with Crippen LogP contribution in [0.2, 0.25) is 10.0 Å². The van der Waals surface area contributed by atoms with Crippen LogP contribution in [0.1, 0.15) is 24.0 Å². The van der Waals surface area contributed by atoms with E-state index in [0.29, 0.717) is 20.4 Å². The molecule has 33 heavy (non-hydrogen) atoms. The van der Waals surface area contributed by atoms with E-state index >= 15 is 0 Å². The van der Waals surface area contributed by atoms with E-state index in [1.54, 1.807) is 23.6 Å². The van der Waals surface area contributed by atoms with E-state index in [4.69, 9.17) is 27.9 Å². The Morgan fingerprint density at radius 1 is 1.00 bits per heavy atom. The third-order valence-electron chi connectivity index (χ3n) is 5.01. The van der Waals surface area contributed by atoms with Crippen molar-refractivity contribution < 1.29 is 14.3 Å². The molecule has 0 N–H and O–H groups in total. The zero-order valence-corrected chi connectivity index (χ0v) is 20.0. The minimum Gasteiger partial charge on any atom is -0.465 e. The topological polar surface area (TPSA) is 60.7 Å². The van der Waals surface area contributed by atoms with Crippen LogP contribution in [0.5, 0.6) is 0 Å². The number of carbonyl (C=O) groups excluding carboxylic acids is 2. The van der Waals surface area contributed by atoms with E-state index in [1.165, 1.54) is 11.3 Å². The van der Waals surface area contributed by atoms with Gasteiger partial charge < -0.3 is 9.30 Å². The second-order valence-electron chi connectivity index (χ2n) is 7.21. The zero-order valence-electron chi connectivity index (χ0n) is 17.7. The highest BCUT2D eigenvalue weighted by Gasteiger charge is 2.23. The molecule has 4 rings (SSSR count). The molecular weight excluding hydrogens is 479 g/mol. The van der Waals surface area contributed by atoms with Crippen LogP contribution in [-0.2, 0) is 20.9 Å². The quantitative estimate of drug-likeness (QED) is 0.314. The van der Waals surface area contributed by atoms with Gasteiger partial charge in [0.1, 0.15) is 6.54 Å². The molecule has 0 aliphatic rings. The Labute approximate surface area is 204 Å². The van der Waals surface area contributed by atoms with E-state index in [0.717, 1.165) is 15.8 Å². The smallest absolute Gasteiger partial charge is 0.326 e. The molecule has 1 amide bonds. The van der Waals surface area contributed by atoms with Crippen molar-refractivity contribution in [2.45, 2.75) is 19.4 Å². The van der Waals surface area contributed by atoms with Crippen molar-refractivity contribution in [3.8, 4) is 0 Å². The van der Waals surface area contributed by atoms with Crippen molar-refractivity contribution in [2.24, 2.45) is 4.99 Å². The number of benzene rings is 3. The summed E-state index contributed by atoms with van der Waals surface area (Å²) in [5, 5.41) is 0.830. The minimum absolute atomic E-state index is 0.122. The number of esters is 1. The average Bonchev–Trinajstić information content (AvgIpc) is 3.12. The van der Waals surface area contributed by atoms with Gasteiger partial charge in [-0.2, -0.15) is 4.99 Å². The molecule has 0 saturated carbocycles. The first-order valence-corrected chi connectivity index (χ1v) is 11.9. The second kappa shape index (κ2) is 10.3. The number of thiazole rings is 1. The molecule has 0 aliphatic carbocycles. The van der Waals surface area contributed by atoms with Gasteiger partial charge in [-0.1, -0.05) is 95.2 Å². The van der Waals surface area contributed by atoms with Gasteiger partial charge in [0.25, 0.3) is 5.91 Å². The highest BCUT2D eigenvalue weighted by atomic mass is 35.5. The van der Waals surface area contributed by atoms with Crippen LogP contribution in [0, 0.1) is 0 Å². The lowest BCUT2D eigenvalue weighted by molar-refractivity contribution is -0.143. The number of amides is 1. The molecule has 0 atom stereocenters. The van der Waals surface area contributed by atoms with Crippen molar-refractivity contribution in [1.82, 2.24) is 4.57 Å². The van der Waals surface area contributed by atoms with Gasteiger partial charge in [-0.15, -0.1) is 0 Å². The summed E-state index contributed by atoms with van der Waals surface area (Å²) in [6.07, 6.45) is 0. The molecule has 0 radical (unpaired) electrons.